The van der Waals surface area contributed by atoms with Gasteiger partial charge in [-0.25, -0.2) is 8.60 Å². The van der Waals surface area contributed by atoms with Crippen LogP contribution >= 0.6 is 11.6 Å². The van der Waals surface area contributed by atoms with Gasteiger partial charge in [-0.3, -0.25) is 4.72 Å². The molecule has 0 saturated heterocycles. The van der Waals surface area contributed by atoms with Crippen molar-refractivity contribution in [1.82, 2.24) is 9.97 Å². The summed E-state index contributed by atoms with van der Waals surface area (Å²) in [6.45, 7) is 1.70. The first-order chi connectivity index (χ1) is 11.0. The second-order valence-corrected chi connectivity index (χ2v) is 6.45. The Labute approximate surface area is 138 Å². The van der Waals surface area contributed by atoms with E-state index in [2.05, 4.69) is 14.7 Å². The number of aromatic nitrogens is 2. The number of nitrogens with zero attached hydrogens (tertiary/aromatic N) is 1. The average molecular weight is 356 g/mol. The van der Waals surface area contributed by atoms with Gasteiger partial charge >= 0.3 is 0 Å². The second-order valence-electron chi connectivity index (χ2n) is 4.84. The molecule has 1 aromatic carbocycles. The number of rotatable bonds is 4. The van der Waals surface area contributed by atoms with Crippen LogP contribution in [-0.4, -0.2) is 14.2 Å². The Morgan fingerprint density at radius 1 is 1.35 bits per heavy atom. The number of aryl methyl sites for hydroxylation is 1. The third kappa shape index (κ3) is 3.07. The molecule has 2 N–H and O–H groups in total. The number of anilines is 1. The lowest BCUT2D eigenvalue weighted by Crippen LogP contribution is -2.09. The number of hydrogen-bond acceptors (Lipinski definition) is 2. The molecule has 0 amide bonds. The molecule has 0 aliphatic carbocycles. The Kier molecular flexibility index (Phi) is 4.32. The molecular formula is C15H12ClF2N3OS. The van der Waals surface area contributed by atoms with Crippen LogP contribution in [0.3, 0.4) is 0 Å². The number of fused-ring (bicyclic) bond motifs is 1. The van der Waals surface area contributed by atoms with Gasteiger partial charge in [-0.1, -0.05) is 24.6 Å². The fourth-order valence-corrected chi connectivity index (χ4v) is 3.34. The van der Waals surface area contributed by atoms with Gasteiger partial charge in [-0.2, -0.15) is 9.37 Å². The molecule has 0 radical (unpaired) electrons. The van der Waals surface area contributed by atoms with Gasteiger partial charge in [0, 0.05) is 27.7 Å². The Morgan fingerprint density at radius 3 is 2.87 bits per heavy atom. The van der Waals surface area contributed by atoms with Crippen LogP contribution in [0.1, 0.15) is 12.5 Å². The summed E-state index contributed by atoms with van der Waals surface area (Å²) in [4.78, 5) is 6.85. The molecule has 1 unspecified atom stereocenters. The molecule has 23 heavy (non-hydrogen) atoms. The molecule has 1 atom stereocenters. The smallest absolute Gasteiger partial charge is 0.218 e. The van der Waals surface area contributed by atoms with Gasteiger partial charge in [0.15, 0.2) is 22.6 Å². The standard InChI is InChI=1S/C15H12ClF2N3OS/c1-2-8-5-11(17)15(20-14(8)18)21-23(22)13-7-19-12-6-9(16)3-4-10(12)13/h3-7,19H,2H2,1H3,(H,20,21). The van der Waals surface area contributed by atoms with Gasteiger partial charge < -0.3 is 4.98 Å². The van der Waals surface area contributed by atoms with Gasteiger partial charge in [0.25, 0.3) is 0 Å². The van der Waals surface area contributed by atoms with E-state index in [-0.39, 0.29) is 11.4 Å². The highest BCUT2D eigenvalue weighted by atomic mass is 35.5. The van der Waals surface area contributed by atoms with Crippen molar-refractivity contribution < 1.29 is 13.0 Å². The number of H-pyrrole nitrogens is 1. The van der Waals surface area contributed by atoms with Crippen molar-refractivity contribution in [3.8, 4) is 0 Å². The quantitative estimate of drug-likeness (QED) is 0.689. The average Bonchev–Trinajstić information content (AvgIpc) is 2.93. The maximum atomic E-state index is 13.9. The van der Waals surface area contributed by atoms with Gasteiger partial charge in [0.1, 0.15) is 0 Å². The molecule has 2 heterocycles. The summed E-state index contributed by atoms with van der Waals surface area (Å²) in [6.07, 6.45) is 1.85. The molecule has 2 aromatic heterocycles. The number of hydrogen-bond donors (Lipinski definition) is 2. The van der Waals surface area contributed by atoms with Gasteiger partial charge in [-0.05, 0) is 24.6 Å². The van der Waals surface area contributed by atoms with E-state index in [1.165, 1.54) is 6.20 Å². The molecule has 0 aliphatic rings. The first-order valence-corrected chi connectivity index (χ1v) is 8.32. The lowest BCUT2D eigenvalue weighted by Gasteiger charge is -2.07. The van der Waals surface area contributed by atoms with Crippen LogP contribution in [-0.2, 0) is 17.4 Å². The van der Waals surface area contributed by atoms with Crippen LogP contribution in [0.5, 0.6) is 0 Å². The Bertz CT molecular complexity index is 913. The largest absolute Gasteiger partial charge is 0.360 e. The highest BCUT2D eigenvalue weighted by Gasteiger charge is 2.16. The zero-order valence-electron chi connectivity index (χ0n) is 12.0. The number of pyridine rings is 1. The van der Waals surface area contributed by atoms with Gasteiger partial charge in [-0.15, -0.1) is 0 Å². The topological polar surface area (TPSA) is 57.8 Å². The van der Waals surface area contributed by atoms with Crippen LogP contribution < -0.4 is 4.72 Å². The molecule has 0 fully saturated rings. The Morgan fingerprint density at radius 2 is 2.13 bits per heavy atom. The number of aromatic amines is 1. The Balaban J connectivity index is 1.93. The van der Waals surface area contributed by atoms with Crippen molar-refractivity contribution in [2.75, 3.05) is 4.72 Å². The minimum absolute atomic E-state index is 0.167. The summed E-state index contributed by atoms with van der Waals surface area (Å²) in [5.41, 5.74) is 0.865. The fraction of sp³-hybridized carbons (Fsp3) is 0.133. The van der Waals surface area contributed by atoms with Crippen molar-refractivity contribution in [3.63, 3.8) is 0 Å². The second kappa shape index (κ2) is 6.25. The third-order valence-electron chi connectivity index (χ3n) is 3.38. The molecule has 4 nitrogen and oxygen atoms in total. The predicted octanol–water partition coefficient (Wildman–Crippen LogP) is 4.19. The predicted molar refractivity (Wildman–Crippen MR) is 86.9 cm³/mol. The summed E-state index contributed by atoms with van der Waals surface area (Å²) in [5, 5.41) is 1.21. The zero-order chi connectivity index (χ0) is 16.6. The fourth-order valence-electron chi connectivity index (χ4n) is 2.19. The highest BCUT2D eigenvalue weighted by molar-refractivity contribution is 7.86. The first kappa shape index (κ1) is 15.9. The molecule has 0 aliphatic heterocycles. The van der Waals surface area contributed by atoms with E-state index in [0.717, 1.165) is 6.07 Å². The number of halogens is 3. The number of benzene rings is 1. The monoisotopic (exact) mass is 355 g/mol. The van der Waals surface area contributed by atoms with E-state index in [0.29, 0.717) is 27.2 Å². The van der Waals surface area contributed by atoms with Crippen LogP contribution in [0.15, 0.2) is 35.4 Å². The van der Waals surface area contributed by atoms with E-state index >= 15 is 0 Å². The molecular weight excluding hydrogens is 344 g/mol. The van der Waals surface area contributed by atoms with Gasteiger partial charge in [0.2, 0.25) is 5.95 Å². The normalized spacial score (nSPS) is 12.5. The molecule has 0 bridgehead atoms. The SMILES string of the molecule is CCc1cc(F)c(NS(=O)c2c[nH]c3cc(Cl)ccc23)nc1F. The van der Waals surface area contributed by atoms with E-state index in [1.54, 1.807) is 25.1 Å². The maximum absolute atomic E-state index is 13.9. The van der Waals surface area contributed by atoms with Crippen LogP contribution in [0.4, 0.5) is 14.6 Å². The summed E-state index contributed by atoms with van der Waals surface area (Å²) < 4.78 is 42.4. The summed E-state index contributed by atoms with van der Waals surface area (Å²) in [5.74, 6) is -1.92. The minimum Gasteiger partial charge on any atom is -0.360 e. The van der Waals surface area contributed by atoms with Crippen molar-refractivity contribution in [3.05, 3.63) is 52.8 Å². The lowest BCUT2D eigenvalue weighted by molar-refractivity contribution is 0.550. The third-order valence-corrected chi connectivity index (χ3v) is 4.73. The molecule has 120 valence electrons. The van der Waals surface area contributed by atoms with Crippen molar-refractivity contribution in [2.24, 2.45) is 0 Å². The maximum Gasteiger partial charge on any atom is 0.218 e. The van der Waals surface area contributed by atoms with Crippen molar-refractivity contribution in [2.45, 2.75) is 18.2 Å². The molecule has 3 rings (SSSR count). The van der Waals surface area contributed by atoms with E-state index in [1.807, 2.05) is 0 Å². The summed E-state index contributed by atoms with van der Waals surface area (Å²) in [6, 6.07) is 6.10. The van der Waals surface area contributed by atoms with Crippen LogP contribution in [0, 0.1) is 11.8 Å². The highest BCUT2D eigenvalue weighted by Crippen LogP contribution is 2.25. The molecule has 0 saturated carbocycles. The van der Waals surface area contributed by atoms with Crippen LogP contribution in [0.25, 0.3) is 10.9 Å². The van der Waals surface area contributed by atoms with E-state index in [9.17, 15) is 13.0 Å². The van der Waals surface area contributed by atoms with Crippen molar-refractivity contribution >= 4 is 39.3 Å². The Hall–Kier alpha value is -1.99. The molecule has 3 aromatic rings. The molecule has 8 heteroatoms. The summed E-state index contributed by atoms with van der Waals surface area (Å²) in [7, 11) is -1.81. The van der Waals surface area contributed by atoms with E-state index in [4.69, 9.17) is 11.6 Å². The van der Waals surface area contributed by atoms with Crippen LogP contribution in [0.2, 0.25) is 5.02 Å². The van der Waals surface area contributed by atoms with Crippen molar-refractivity contribution in [1.29, 1.82) is 0 Å². The first-order valence-electron chi connectivity index (χ1n) is 6.79. The molecule has 0 spiro atoms. The zero-order valence-corrected chi connectivity index (χ0v) is 13.6. The van der Waals surface area contributed by atoms with Gasteiger partial charge in [0.05, 0.1) is 4.90 Å². The lowest BCUT2D eigenvalue weighted by atomic mass is 10.2. The van der Waals surface area contributed by atoms with E-state index < -0.39 is 22.8 Å². The minimum atomic E-state index is -1.81. The summed E-state index contributed by atoms with van der Waals surface area (Å²) >= 11 is 5.89. The number of nitrogens with one attached hydrogen (secondary N) is 2.